The average molecular weight is 195 g/mol. The Morgan fingerprint density at radius 2 is 1.73 bits per heavy atom. The first-order chi connectivity index (χ1) is 7.42. The third-order valence-electron chi connectivity index (χ3n) is 2.08. The Hall–Kier alpha value is -2.25. The topological polar surface area (TPSA) is 49.3 Å². The highest BCUT2D eigenvalue weighted by Crippen LogP contribution is 2.06. The largest absolute Gasteiger partial charge is 0.361 e. The van der Waals surface area contributed by atoms with E-state index in [2.05, 4.69) is 9.77 Å². The average Bonchev–Trinajstić information content (AvgIpc) is 2.33. The molecule has 0 atom stereocenters. The molecule has 0 radical (unpaired) electrons. The fourth-order valence-electron chi connectivity index (χ4n) is 1.38. The highest BCUT2D eigenvalue weighted by Gasteiger charge is 2.13. The fraction of sp³-hybridized carbons (Fsp3) is 0. The summed E-state index contributed by atoms with van der Waals surface area (Å²) in [6.07, 6.45) is 3.35. The van der Waals surface area contributed by atoms with Crippen molar-refractivity contribution in [1.82, 2.24) is 4.98 Å². The van der Waals surface area contributed by atoms with Crippen LogP contribution in [0.25, 0.3) is 5.53 Å². The second-order valence-corrected chi connectivity index (χ2v) is 3.06. The summed E-state index contributed by atoms with van der Waals surface area (Å²) in [5, 5.41) is 0. The van der Waals surface area contributed by atoms with E-state index in [9.17, 15) is 0 Å². The van der Waals surface area contributed by atoms with Gasteiger partial charge in [0.2, 0.25) is 0 Å². The van der Waals surface area contributed by atoms with Crippen molar-refractivity contribution < 1.29 is 4.79 Å². The zero-order valence-electron chi connectivity index (χ0n) is 8.04. The van der Waals surface area contributed by atoms with Gasteiger partial charge in [0.15, 0.2) is 0 Å². The molecular formula is C12H9N3. The molecule has 0 fully saturated rings. The summed E-state index contributed by atoms with van der Waals surface area (Å²) in [6, 6.07) is 13.2. The number of rotatable bonds is 2. The lowest BCUT2D eigenvalue weighted by Gasteiger charge is -1.95. The van der Waals surface area contributed by atoms with Crippen LogP contribution in [0, 0.1) is 0 Å². The van der Waals surface area contributed by atoms with Crippen molar-refractivity contribution in [3.05, 3.63) is 71.5 Å². The van der Waals surface area contributed by atoms with E-state index in [1.807, 2.05) is 42.5 Å². The lowest BCUT2D eigenvalue weighted by molar-refractivity contribution is -0.00281. The minimum atomic E-state index is 0.531. The minimum absolute atomic E-state index is 0.531. The first kappa shape index (κ1) is 9.31. The van der Waals surface area contributed by atoms with Gasteiger partial charge < -0.3 is 5.53 Å². The molecule has 0 bridgehead atoms. The standard InChI is InChI=1S/C12H9N3/c13-15-12(10-5-2-1-3-6-10)11-7-4-8-14-9-11/h1-9H. The van der Waals surface area contributed by atoms with Crippen molar-refractivity contribution in [1.29, 1.82) is 0 Å². The van der Waals surface area contributed by atoms with Gasteiger partial charge in [-0.25, -0.2) is 0 Å². The third-order valence-corrected chi connectivity index (χ3v) is 2.08. The number of pyridine rings is 1. The van der Waals surface area contributed by atoms with E-state index in [-0.39, 0.29) is 0 Å². The Labute approximate surface area is 87.7 Å². The second-order valence-electron chi connectivity index (χ2n) is 3.06. The Morgan fingerprint density at radius 1 is 1.00 bits per heavy atom. The molecule has 0 N–H and O–H groups in total. The smallest absolute Gasteiger partial charge is 0.331 e. The molecule has 1 aromatic heterocycles. The van der Waals surface area contributed by atoms with Crippen LogP contribution >= 0.6 is 0 Å². The summed E-state index contributed by atoms with van der Waals surface area (Å²) >= 11 is 0. The van der Waals surface area contributed by atoms with E-state index in [0.29, 0.717) is 5.71 Å². The second kappa shape index (κ2) is 4.31. The molecule has 2 aromatic rings. The maximum atomic E-state index is 8.99. The molecule has 0 aliphatic carbocycles. The molecule has 1 heterocycles. The first-order valence-corrected chi connectivity index (χ1v) is 4.59. The van der Waals surface area contributed by atoms with Crippen LogP contribution in [-0.4, -0.2) is 15.5 Å². The minimum Gasteiger partial charge on any atom is -0.361 e. The molecule has 0 aliphatic heterocycles. The van der Waals surface area contributed by atoms with Crippen LogP contribution in [0.15, 0.2) is 54.9 Å². The van der Waals surface area contributed by atoms with Crippen molar-refractivity contribution in [2.24, 2.45) is 0 Å². The van der Waals surface area contributed by atoms with Gasteiger partial charge in [0.25, 0.3) is 0 Å². The summed E-state index contributed by atoms with van der Waals surface area (Å²) in [5.41, 5.74) is 11.2. The van der Waals surface area contributed by atoms with E-state index >= 15 is 0 Å². The highest BCUT2D eigenvalue weighted by molar-refractivity contribution is 6.08. The fourth-order valence-corrected chi connectivity index (χ4v) is 1.38. The molecule has 0 saturated heterocycles. The monoisotopic (exact) mass is 195 g/mol. The van der Waals surface area contributed by atoms with Crippen molar-refractivity contribution in [2.75, 3.05) is 0 Å². The maximum absolute atomic E-state index is 8.99. The Morgan fingerprint density at radius 3 is 2.33 bits per heavy atom. The van der Waals surface area contributed by atoms with Gasteiger partial charge in [0.05, 0.1) is 11.1 Å². The maximum Gasteiger partial charge on any atom is 0.331 e. The van der Waals surface area contributed by atoms with Crippen molar-refractivity contribution in [2.45, 2.75) is 0 Å². The van der Waals surface area contributed by atoms with Gasteiger partial charge in [-0.3, -0.25) is 4.98 Å². The summed E-state index contributed by atoms with van der Waals surface area (Å²) in [4.78, 5) is 7.29. The van der Waals surface area contributed by atoms with E-state index in [0.717, 1.165) is 11.1 Å². The predicted octanol–water partition coefficient (Wildman–Crippen LogP) is 2.15. The van der Waals surface area contributed by atoms with Crippen LogP contribution in [0.3, 0.4) is 0 Å². The molecule has 15 heavy (non-hydrogen) atoms. The van der Waals surface area contributed by atoms with Gasteiger partial charge in [-0.05, 0) is 24.3 Å². The molecule has 0 spiro atoms. The van der Waals surface area contributed by atoms with Gasteiger partial charge in [0, 0.05) is 12.4 Å². The molecule has 0 unspecified atom stereocenters. The van der Waals surface area contributed by atoms with Crippen LogP contribution in [-0.2, 0) is 0 Å². The number of benzene rings is 1. The van der Waals surface area contributed by atoms with E-state index in [1.54, 1.807) is 12.4 Å². The molecule has 3 nitrogen and oxygen atoms in total. The lowest BCUT2D eigenvalue weighted by Crippen LogP contribution is -2.04. The van der Waals surface area contributed by atoms with Gasteiger partial charge in [-0.15, -0.1) is 0 Å². The van der Waals surface area contributed by atoms with E-state index < -0.39 is 0 Å². The summed E-state index contributed by atoms with van der Waals surface area (Å²) in [7, 11) is 0. The van der Waals surface area contributed by atoms with Crippen LogP contribution in [0.5, 0.6) is 0 Å². The molecule has 3 heteroatoms. The normalized spacial score (nSPS) is 9.33. The Bertz CT molecular complexity index is 443. The summed E-state index contributed by atoms with van der Waals surface area (Å²) in [6.45, 7) is 0. The molecular weight excluding hydrogens is 186 g/mol. The summed E-state index contributed by atoms with van der Waals surface area (Å²) < 4.78 is 0. The Kier molecular flexibility index (Phi) is 2.68. The van der Waals surface area contributed by atoms with Gasteiger partial charge in [-0.1, -0.05) is 18.2 Å². The molecule has 0 amide bonds. The van der Waals surface area contributed by atoms with Crippen molar-refractivity contribution >= 4 is 5.71 Å². The molecule has 0 aliphatic rings. The quantitative estimate of drug-likeness (QED) is 0.411. The lowest BCUT2D eigenvalue weighted by atomic mass is 10.0. The SMILES string of the molecule is [N-]=[N+]=C(c1ccccc1)c1cccnc1. The van der Waals surface area contributed by atoms with Crippen molar-refractivity contribution in [3.8, 4) is 0 Å². The van der Waals surface area contributed by atoms with Crippen LogP contribution < -0.4 is 0 Å². The van der Waals surface area contributed by atoms with E-state index in [4.69, 9.17) is 5.53 Å². The highest BCUT2D eigenvalue weighted by atomic mass is 14.9. The zero-order chi connectivity index (χ0) is 10.5. The zero-order valence-corrected chi connectivity index (χ0v) is 8.04. The number of nitrogens with zero attached hydrogens (tertiary/aromatic N) is 3. The van der Waals surface area contributed by atoms with Gasteiger partial charge in [0.1, 0.15) is 0 Å². The number of hydrogen-bond donors (Lipinski definition) is 0. The Balaban J connectivity index is 2.48. The van der Waals surface area contributed by atoms with Gasteiger partial charge >= 0.3 is 5.71 Å². The molecule has 72 valence electrons. The van der Waals surface area contributed by atoms with Crippen molar-refractivity contribution in [3.63, 3.8) is 0 Å². The number of hydrogen-bond acceptors (Lipinski definition) is 1. The van der Waals surface area contributed by atoms with Gasteiger partial charge in [-0.2, -0.15) is 4.79 Å². The summed E-state index contributed by atoms with van der Waals surface area (Å²) in [5.74, 6) is 0. The molecule has 1 aromatic carbocycles. The van der Waals surface area contributed by atoms with E-state index in [1.165, 1.54) is 0 Å². The third kappa shape index (κ3) is 1.98. The first-order valence-electron chi connectivity index (χ1n) is 4.59. The van der Waals surface area contributed by atoms with Crippen LogP contribution in [0.1, 0.15) is 11.1 Å². The number of aromatic nitrogens is 1. The van der Waals surface area contributed by atoms with Crippen LogP contribution in [0.4, 0.5) is 0 Å². The predicted molar refractivity (Wildman–Crippen MR) is 57.5 cm³/mol. The molecule has 0 saturated carbocycles. The van der Waals surface area contributed by atoms with Crippen LogP contribution in [0.2, 0.25) is 0 Å². The molecule has 2 rings (SSSR count).